The third kappa shape index (κ3) is 3.00. The van der Waals surface area contributed by atoms with Crippen molar-refractivity contribution >= 4 is 33.8 Å². The summed E-state index contributed by atoms with van der Waals surface area (Å²) in [5.74, 6) is -2.33. The maximum absolute atomic E-state index is 13.8. The first-order chi connectivity index (χ1) is 11.8. The van der Waals surface area contributed by atoms with E-state index >= 15 is 0 Å². The minimum Gasteiger partial charge on any atom is -0.318 e. The first-order valence-electron chi connectivity index (χ1n) is 7.31. The number of nitrogens with one attached hydrogen (secondary N) is 2. The second kappa shape index (κ2) is 6.29. The summed E-state index contributed by atoms with van der Waals surface area (Å²) in [7, 11) is 0. The summed E-state index contributed by atoms with van der Waals surface area (Å²) < 4.78 is 14.3. The average Bonchev–Trinajstić information content (AvgIpc) is 2.82. The molecule has 128 valence electrons. The largest absolute Gasteiger partial charge is 0.344 e. The van der Waals surface area contributed by atoms with Gasteiger partial charge in [-0.25, -0.2) is 9.18 Å². The number of nitrogens with zero attached hydrogens (tertiary/aromatic N) is 1. The van der Waals surface area contributed by atoms with Gasteiger partial charge in [0.1, 0.15) is 11.4 Å². The maximum atomic E-state index is 13.8. The Kier molecular flexibility index (Phi) is 4.30. The molecule has 0 spiro atoms. The molecular formula is C17H13BrFN3O3. The van der Waals surface area contributed by atoms with Crippen LogP contribution in [-0.2, 0) is 10.3 Å². The first-order valence-corrected chi connectivity index (χ1v) is 8.10. The number of rotatable bonds is 3. The molecule has 2 aromatic rings. The van der Waals surface area contributed by atoms with Crippen LogP contribution in [0.4, 0.5) is 9.18 Å². The van der Waals surface area contributed by atoms with Crippen LogP contribution < -0.4 is 10.7 Å². The lowest BCUT2D eigenvalue weighted by molar-refractivity contribution is -0.132. The predicted octanol–water partition coefficient (Wildman–Crippen LogP) is 2.70. The van der Waals surface area contributed by atoms with Crippen molar-refractivity contribution in [2.45, 2.75) is 12.5 Å². The molecule has 1 atom stereocenters. The van der Waals surface area contributed by atoms with Crippen LogP contribution in [0.15, 0.2) is 53.0 Å². The zero-order valence-corrected chi connectivity index (χ0v) is 14.6. The van der Waals surface area contributed by atoms with Crippen LogP contribution in [0.1, 0.15) is 22.8 Å². The molecule has 0 aromatic heterocycles. The Morgan fingerprint density at radius 3 is 2.56 bits per heavy atom. The van der Waals surface area contributed by atoms with Crippen LogP contribution in [0, 0.1) is 5.82 Å². The SMILES string of the molecule is C[C@@]1(c2ccccc2)NC(=O)N(NC(=O)c2cc(Br)ccc2F)C1=O. The predicted molar refractivity (Wildman–Crippen MR) is 90.7 cm³/mol. The molecule has 0 radical (unpaired) electrons. The number of hydrogen-bond acceptors (Lipinski definition) is 3. The monoisotopic (exact) mass is 405 g/mol. The molecule has 1 heterocycles. The van der Waals surface area contributed by atoms with Crippen molar-refractivity contribution in [2.24, 2.45) is 0 Å². The molecule has 1 aliphatic heterocycles. The van der Waals surface area contributed by atoms with E-state index in [2.05, 4.69) is 26.7 Å². The number of amides is 4. The number of carbonyl (C=O) groups is 3. The number of benzene rings is 2. The molecule has 25 heavy (non-hydrogen) atoms. The Hall–Kier alpha value is -2.74. The minimum absolute atomic E-state index is 0.289. The summed E-state index contributed by atoms with van der Waals surface area (Å²) in [6.45, 7) is 1.54. The van der Waals surface area contributed by atoms with Gasteiger partial charge in [-0.1, -0.05) is 46.3 Å². The number of hydrazine groups is 1. The summed E-state index contributed by atoms with van der Waals surface area (Å²) in [6.07, 6.45) is 0. The van der Waals surface area contributed by atoms with Crippen molar-refractivity contribution in [3.05, 3.63) is 69.9 Å². The van der Waals surface area contributed by atoms with Gasteiger partial charge in [0.25, 0.3) is 11.8 Å². The van der Waals surface area contributed by atoms with Crippen LogP contribution in [0.25, 0.3) is 0 Å². The summed E-state index contributed by atoms with van der Waals surface area (Å²) in [5.41, 5.74) is 1.12. The van der Waals surface area contributed by atoms with E-state index in [0.717, 1.165) is 6.07 Å². The molecule has 4 amide bonds. The molecule has 1 saturated heterocycles. The zero-order chi connectivity index (χ0) is 18.2. The van der Waals surface area contributed by atoms with Crippen molar-refractivity contribution in [1.29, 1.82) is 0 Å². The molecule has 3 rings (SSSR count). The van der Waals surface area contributed by atoms with Gasteiger partial charge in [-0.05, 0) is 30.7 Å². The highest BCUT2D eigenvalue weighted by Gasteiger charge is 2.50. The lowest BCUT2D eigenvalue weighted by Crippen LogP contribution is -2.48. The molecule has 2 aromatic carbocycles. The van der Waals surface area contributed by atoms with Crippen molar-refractivity contribution in [3.8, 4) is 0 Å². The molecule has 8 heteroatoms. The van der Waals surface area contributed by atoms with E-state index in [1.165, 1.54) is 19.1 Å². The quantitative estimate of drug-likeness (QED) is 0.770. The molecule has 1 fully saturated rings. The van der Waals surface area contributed by atoms with E-state index in [-0.39, 0.29) is 5.56 Å². The van der Waals surface area contributed by atoms with Crippen LogP contribution in [0.2, 0.25) is 0 Å². The standard InChI is InChI=1S/C17H13BrFN3O3/c1-17(10-5-3-2-4-6-10)15(24)22(16(25)20-17)21-14(23)12-9-11(18)7-8-13(12)19/h2-9H,1H3,(H,20,25)(H,21,23)/t17-/m0/s1. The fraction of sp³-hybridized carbons (Fsp3) is 0.118. The zero-order valence-electron chi connectivity index (χ0n) is 13.0. The second-order valence-electron chi connectivity index (χ2n) is 5.63. The Labute approximate surface area is 151 Å². The van der Waals surface area contributed by atoms with Gasteiger partial charge in [0, 0.05) is 4.47 Å². The summed E-state index contributed by atoms with van der Waals surface area (Å²) in [4.78, 5) is 37.1. The normalized spacial score (nSPS) is 19.7. The van der Waals surface area contributed by atoms with Crippen molar-refractivity contribution < 1.29 is 18.8 Å². The molecule has 6 nitrogen and oxygen atoms in total. The van der Waals surface area contributed by atoms with E-state index in [1.54, 1.807) is 30.3 Å². The lowest BCUT2D eigenvalue weighted by atomic mass is 9.92. The van der Waals surface area contributed by atoms with Gasteiger partial charge in [-0.15, -0.1) is 0 Å². The molecule has 0 aliphatic carbocycles. The highest BCUT2D eigenvalue weighted by Crippen LogP contribution is 2.27. The lowest BCUT2D eigenvalue weighted by Gasteiger charge is -2.22. The van der Waals surface area contributed by atoms with Gasteiger partial charge in [0.05, 0.1) is 5.56 Å². The molecule has 0 bridgehead atoms. The van der Waals surface area contributed by atoms with Crippen molar-refractivity contribution in [1.82, 2.24) is 15.8 Å². The van der Waals surface area contributed by atoms with Gasteiger partial charge >= 0.3 is 6.03 Å². The topological polar surface area (TPSA) is 78.5 Å². The molecular weight excluding hydrogens is 393 g/mol. The number of halogens is 2. The van der Waals surface area contributed by atoms with E-state index in [4.69, 9.17) is 0 Å². The Balaban J connectivity index is 1.86. The highest BCUT2D eigenvalue weighted by atomic mass is 79.9. The first kappa shape index (κ1) is 17.1. The fourth-order valence-electron chi connectivity index (χ4n) is 2.54. The van der Waals surface area contributed by atoms with E-state index in [9.17, 15) is 18.8 Å². The third-order valence-electron chi connectivity index (χ3n) is 3.93. The maximum Gasteiger partial charge on any atom is 0.344 e. The smallest absolute Gasteiger partial charge is 0.318 e. The highest BCUT2D eigenvalue weighted by molar-refractivity contribution is 9.10. The van der Waals surface area contributed by atoms with Crippen molar-refractivity contribution in [3.63, 3.8) is 0 Å². The van der Waals surface area contributed by atoms with E-state index in [0.29, 0.717) is 15.0 Å². The molecule has 2 N–H and O–H groups in total. The van der Waals surface area contributed by atoms with Crippen LogP contribution in [-0.4, -0.2) is 22.9 Å². The average molecular weight is 406 g/mol. The third-order valence-corrected chi connectivity index (χ3v) is 4.42. The second-order valence-corrected chi connectivity index (χ2v) is 6.54. The van der Waals surface area contributed by atoms with Crippen LogP contribution in [0.3, 0.4) is 0 Å². The van der Waals surface area contributed by atoms with Gasteiger partial charge in [-0.2, -0.15) is 5.01 Å². The van der Waals surface area contributed by atoms with Crippen molar-refractivity contribution in [2.75, 3.05) is 0 Å². The van der Waals surface area contributed by atoms with Gasteiger partial charge in [0.15, 0.2) is 0 Å². The van der Waals surface area contributed by atoms with Crippen LogP contribution in [0.5, 0.6) is 0 Å². The van der Waals surface area contributed by atoms with Gasteiger partial charge < -0.3 is 5.32 Å². The molecule has 1 aliphatic rings. The molecule has 0 saturated carbocycles. The van der Waals surface area contributed by atoms with Gasteiger partial charge in [0.2, 0.25) is 0 Å². The number of hydrogen-bond donors (Lipinski definition) is 2. The van der Waals surface area contributed by atoms with E-state index < -0.39 is 29.2 Å². The number of carbonyl (C=O) groups excluding carboxylic acids is 3. The minimum atomic E-state index is -1.32. The van der Waals surface area contributed by atoms with Crippen LogP contribution >= 0.6 is 15.9 Å². The summed E-state index contributed by atoms with van der Waals surface area (Å²) in [6, 6.07) is 11.7. The molecule has 0 unspecified atom stereocenters. The Morgan fingerprint density at radius 1 is 1.20 bits per heavy atom. The number of imide groups is 1. The fourth-order valence-corrected chi connectivity index (χ4v) is 2.90. The summed E-state index contributed by atoms with van der Waals surface area (Å²) in [5, 5.41) is 3.11. The Bertz CT molecular complexity index is 875. The van der Waals surface area contributed by atoms with Gasteiger partial charge in [-0.3, -0.25) is 15.0 Å². The summed E-state index contributed by atoms with van der Waals surface area (Å²) >= 11 is 3.14. The Morgan fingerprint density at radius 2 is 1.88 bits per heavy atom. The number of urea groups is 1. The van der Waals surface area contributed by atoms with E-state index in [1.807, 2.05) is 0 Å².